The second kappa shape index (κ2) is 7.13. The number of nitrogens with one attached hydrogen (secondary N) is 1. The van der Waals surface area contributed by atoms with Crippen molar-refractivity contribution in [3.63, 3.8) is 0 Å². The van der Waals surface area contributed by atoms with Crippen LogP contribution in [0.1, 0.15) is 16.1 Å². The number of nitrogens with zero attached hydrogens (tertiary/aromatic N) is 3. The number of amides is 1. The van der Waals surface area contributed by atoms with Gasteiger partial charge < -0.3 is 15.8 Å². The third-order valence-electron chi connectivity index (χ3n) is 2.97. The highest BCUT2D eigenvalue weighted by Crippen LogP contribution is 2.27. The minimum absolute atomic E-state index is 0.0440. The van der Waals surface area contributed by atoms with Crippen LogP contribution in [-0.4, -0.2) is 33.4 Å². The zero-order valence-corrected chi connectivity index (χ0v) is 12.6. The lowest BCUT2D eigenvalue weighted by molar-refractivity contribution is -0.384. The first-order chi connectivity index (χ1) is 11.4. The summed E-state index contributed by atoms with van der Waals surface area (Å²) in [5.74, 6) is -1.78. The van der Waals surface area contributed by atoms with E-state index in [9.17, 15) is 19.7 Å². The van der Waals surface area contributed by atoms with E-state index in [1.807, 2.05) is 0 Å². The first-order valence-corrected chi connectivity index (χ1v) is 6.67. The van der Waals surface area contributed by atoms with Crippen LogP contribution in [0.4, 0.5) is 17.2 Å². The number of ether oxygens (including phenoxy) is 1. The molecule has 0 aliphatic rings. The molecule has 0 saturated heterocycles. The molecule has 10 heteroatoms. The zero-order valence-electron chi connectivity index (χ0n) is 12.6. The van der Waals surface area contributed by atoms with Gasteiger partial charge in [-0.05, 0) is 12.5 Å². The summed E-state index contributed by atoms with van der Waals surface area (Å²) < 4.78 is 4.78. The summed E-state index contributed by atoms with van der Waals surface area (Å²) in [5, 5.41) is 13.3. The second-order valence-electron chi connectivity index (χ2n) is 4.64. The average molecular weight is 331 g/mol. The molecule has 1 aromatic carbocycles. The van der Waals surface area contributed by atoms with Crippen molar-refractivity contribution >= 4 is 29.1 Å². The van der Waals surface area contributed by atoms with E-state index in [-0.39, 0.29) is 22.9 Å². The van der Waals surface area contributed by atoms with Gasteiger partial charge in [0.1, 0.15) is 5.69 Å². The van der Waals surface area contributed by atoms with Gasteiger partial charge in [0, 0.05) is 18.5 Å². The number of rotatable bonds is 5. The minimum Gasteiger partial charge on any atom is -0.451 e. The van der Waals surface area contributed by atoms with Gasteiger partial charge in [-0.2, -0.15) is 0 Å². The van der Waals surface area contributed by atoms with Crippen LogP contribution in [0.5, 0.6) is 0 Å². The number of para-hydroxylation sites is 1. The summed E-state index contributed by atoms with van der Waals surface area (Å²) in [6.07, 6.45) is 2.56. The van der Waals surface area contributed by atoms with E-state index in [0.29, 0.717) is 5.56 Å². The van der Waals surface area contributed by atoms with Gasteiger partial charge in [0.25, 0.3) is 11.6 Å². The Hall–Kier alpha value is -3.56. The lowest BCUT2D eigenvalue weighted by atomic mass is 10.1. The molecule has 2 aromatic rings. The number of esters is 1. The van der Waals surface area contributed by atoms with Crippen LogP contribution < -0.4 is 11.1 Å². The molecule has 124 valence electrons. The molecular formula is C14H13N5O5. The quantitative estimate of drug-likeness (QED) is 0.469. The number of nitrogens with two attached hydrogens (primary N) is 1. The highest BCUT2D eigenvalue weighted by molar-refractivity contribution is 5.98. The van der Waals surface area contributed by atoms with Crippen molar-refractivity contribution in [1.82, 2.24) is 9.97 Å². The van der Waals surface area contributed by atoms with E-state index in [1.165, 1.54) is 24.5 Å². The maximum Gasteiger partial charge on any atom is 0.361 e. The van der Waals surface area contributed by atoms with E-state index in [2.05, 4.69) is 15.3 Å². The molecule has 1 aromatic heterocycles. The maximum absolute atomic E-state index is 11.9. The monoisotopic (exact) mass is 331 g/mol. The van der Waals surface area contributed by atoms with Crippen LogP contribution in [0.15, 0.2) is 30.6 Å². The topological polar surface area (TPSA) is 150 Å². The molecule has 24 heavy (non-hydrogen) atoms. The fourth-order valence-corrected chi connectivity index (χ4v) is 1.85. The second-order valence-corrected chi connectivity index (χ2v) is 4.64. The number of nitro groups is 1. The third kappa shape index (κ3) is 3.80. The molecule has 1 heterocycles. The Labute approximate surface area is 135 Å². The SMILES string of the molecule is Cc1cccc([N+](=O)[O-])c1NC(=O)COC(=O)c1nccnc1N. The summed E-state index contributed by atoms with van der Waals surface area (Å²) in [7, 11) is 0. The first-order valence-electron chi connectivity index (χ1n) is 6.67. The fraction of sp³-hybridized carbons (Fsp3) is 0.143. The number of anilines is 2. The Balaban J connectivity index is 2.04. The molecule has 0 spiro atoms. The number of nitro benzene ring substituents is 1. The lowest BCUT2D eigenvalue weighted by Crippen LogP contribution is -2.22. The lowest BCUT2D eigenvalue weighted by Gasteiger charge is -2.09. The van der Waals surface area contributed by atoms with Gasteiger partial charge >= 0.3 is 5.97 Å². The molecule has 0 radical (unpaired) electrons. The number of aromatic nitrogens is 2. The predicted octanol–water partition coefficient (Wildman–Crippen LogP) is 1.07. The Morgan fingerprint density at radius 3 is 2.71 bits per heavy atom. The van der Waals surface area contributed by atoms with E-state index in [0.717, 1.165) is 0 Å². The average Bonchev–Trinajstić information content (AvgIpc) is 2.54. The number of carbonyl (C=O) groups is 2. The van der Waals surface area contributed by atoms with Crippen LogP contribution in [0.25, 0.3) is 0 Å². The normalized spacial score (nSPS) is 10.0. The summed E-state index contributed by atoms with van der Waals surface area (Å²) in [5.41, 5.74) is 5.55. The summed E-state index contributed by atoms with van der Waals surface area (Å²) >= 11 is 0. The highest BCUT2D eigenvalue weighted by atomic mass is 16.6. The molecule has 0 atom stereocenters. The van der Waals surface area contributed by atoms with Gasteiger partial charge in [0.2, 0.25) is 0 Å². The fourth-order valence-electron chi connectivity index (χ4n) is 1.85. The zero-order chi connectivity index (χ0) is 17.7. The van der Waals surface area contributed by atoms with Crippen LogP contribution in [0, 0.1) is 17.0 Å². The van der Waals surface area contributed by atoms with Crippen molar-refractivity contribution in [2.45, 2.75) is 6.92 Å². The molecule has 0 fully saturated rings. The molecule has 0 aliphatic heterocycles. The van der Waals surface area contributed by atoms with Gasteiger partial charge in [0.05, 0.1) is 4.92 Å². The van der Waals surface area contributed by atoms with Crippen molar-refractivity contribution < 1.29 is 19.2 Å². The molecule has 0 aliphatic carbocycles. The van der Waals surface area contributed by atoms with Crippen molar-refractivity contribution in [2.75, 3.05) is 17.7 Å². The summed E-state index contributed by atoms with van der Waals surface area (Å²) in [6.45, 7) is 0.954. The van der Waals surface area contributed by atoms with Crippen LogP contribution in [0.3, 0.4) is 0 Å². The van der Waals surface area contributed by atoms with Crippen molar-refractivity contribution in [3.05, 3.63) is 52.0 Å². The molecule has 0 bridgehead atoms. The molecule has 2 rings (SSSR count). The van der Waals surface area contributed by atoms with Gasteiger partial charge in [-0.15, -0.1) is 0 Å². The number of nitrogen functional groups attached to an aromatic ring is 1. The van der Waals surface area contributed by atoms with E-state index < -0.39 is 23.4 Å². The number of hydrogen-bond acceptors (Lipinski definition) is 8. The number of benzene rings is 1. The van der Waals surface area contributed by atoms with Gasteiger partial charge in [-0.3, -0.25) is 14.9 Å². The molecule has 0 saturated carbocycles. The Morgan fingerprint density at radius 1 is 1.33 bits per heavy atom. The van der Waals surface area contributed by atoms with Gasteiger partial charge in [-0.25, -0.2) is 14.8 Å². The Bertz CT molecular complexity index is 808. The largest absolute Gasteiger partial charge is 0.451 e. The predicted molar refractivity (Wildman–Crippen MR) is 83.2 cm³/mol. The van der Waals surface area contributed by atoms with E-state index >= 15 is 0 Å². The molecule has 3 N–H and O–H groups in total. The standard InChI is InChI=1S/C14H13N5O5/c1-8-3-2-4-9(19(22)23)11(8)18-10(20)7-24-14(21)12-13(15)17-6-5-16-12/h2-6H,7H2,1H3,(H2,15,17)(H,18,20). The van der Waals surface area contributed by atoms with Crippen molar-refractivity contribution in [1.29, 1.82) is 0 Å². The number of hydrogen-bond donors (Lipinski definition) is 2. The van der Waals surface area contributed by atoms with Crippen LogP contribution in [0.2, 0.25) is 0 Å². The number of aryl methyl sites for hydroxylation is 1. The molecule has 10 nitrogen and oxygen atoms in total. The van der Waals surface area contributed by atoms with Gasteiger partial charge in [0.15, 0.2) is 18.1 Å². The molecular weight excluding hydrogens is 318 g/mol. The smallest absolute Gasteiger partial charge is 0.361 e. The third-order valence-corrected chi connectivity index (χ3v) is 2.97. The minimum atomic E-state index is -0.921. The van der Waals surface area contributed by atoms with Crippen molar-refractivity contribution in [3.8, 4) is 0 Å². The maximum atomic E-state index is 11.9. The molecule has 0 unspecified atom stereocenters. The summed E-state index contributed by atoms with van der Waals surface area (Å²) in [6, 6.07) is 4.36. The summed E-state index contributed by atoms with van der Waals surface area (Å²) in [4.78, 5) is 41.4. The highest BCUT2D eigenvalue weighted by Gasteiger charge is 2.19. The number of carbonyl (C=O) groups excluding carboxylic acids is 2. The van der Waals surface area contributed by atoms with Crippen LogP contribution >= 0.6 is 0 Å². The van der Waals surface area contributed by atoms with Crippen LogP contribution in [-0.2, 0) is 9.53 Å². The van der Waals surface area contributed by atoms with E-state index in [1.54, 1.807) is 13.0 Å². The van der Waals surface area contributed by atoms with Gasteiger partial charge in [-0.1, -0.05) is 12.1 Å². The molecule has 1 amide bonds. The first kappa shape index (κ1) is 16.8. The van der Waals surface area contributed by atoms with E-state index in [4.69, 9.17) is 10.5 Å². The Kier molecular flexibility index (Phi) is 5.00. The van der Waals surface area contributed by atoms with Crippen molar-refractivity contribution in [2.24, 2.45) is 0 Å². The Morgan fingerprint density at radius 2 is 2.04 bits per heavy atom.